The van der Waals surface area contributed by atoms with E-state index in [1.807, 2.05) is 0 Å². The van der Waals surface area contributed by atoms with E-state index in [1.165, 1.54) is 19.1 Å². The van der Waals surface area contributed by atoms with E-state index in [2.05, 4.69) is 31.4 Å². The van der Waals surface area contributed by atoms with Gasteiger partial charge in [-0.15, -0.1) is 0 Å². The first kappa shape index (κ1) is 41.1. The fourth-order valence-corrected chi connectivity index (χ4v) is 5.72. The van der Waals surface area contributed by atoms with Crippen LogP contribution in [0.4, 0.5) is 20.3 Å². The lowest BCUT2D eigenvalue weighted by molar-refractivity contribution is -0.141. The van der Waals surface area contributed by atoms with Gasteiger partial charge in [0.05, 0.1) is 23.4 Å². The Labute approximate surface area is 318 Å². The van der Waals surface area contributed by atoms with Crippen molar-refractivity contribution < 1.29 is 52.2 Å². The number of aromatic nitrogens is 3. The molecule has 2 aromatic carbocycles. The summed E-state index contributed by atoms with van der Waals surface area (Å²) in [4.78, 5) is 69.0. The van der Waals surface area contributed by atoms with Gasteiger partial charge >= 0.3 is 11.6 Å². The number of rotatable bonds is 14. The molecule has 56 heavy (non-hydrogen) atoms. The Balaban J connectivity index is 1.18. The fraction of sp³-hybridized carbons (Fsp3) is 0.378. The second-order valence-electron chi connectivity index (χ2n) is 13.4. The number of hydrogen-bond acceptors (Lipinski definition) is 12. The molecule has 0 radical (unpaired) electrons. The van der Waals surface area contributed by atoms with E-state index in [0.717, 1.165) is 17.8 Å². The first-order valence-electron chi connectivity index (χ1n) is 17.4. The van der Waals surface area contributed by atoms with Gasteiger partial charge in [-0.05, 0) is 63.1 Å². The third kappa shape index (κ3) is 9.07. The van der Waals surface area contributed by atoms with Gasteiger partial charge in [0.1, 0.15) is 42.1 Å². The van der Waals surface area contributed by atoms with E-state index in [4.69, 9.17) is 14.0 Å². The highest BCUT2D eigenvalue weighted by Crippen LogP contribution is 2.42. The van der Waals surface area contributed by atoms with Crippen LogP contribution in [0, 0.1) is 19.8 Å². The lowest BCUT2D eigenvalue weighted by Crippen LogP contribution is -2.53. The maximum Gasteiger partial charge on any atom is 0.351 e. The number of aliphatic hydroxyl groups is 2. The van der Waals surface area contributed by atoms with Crippen LogP contribution in [-0.4, -0.2) is 85.4 Å². The monoisotopic (exact) mass is 781 g/mol. The van der Waals surface area contributed by atoms with Crippen LogP contribution in [0.1, 0.15) is 64.7 Å². The summed E-state index contributed by atoms with van der Waals surface area (Å²) in [7, 11) is 0. The molecule has 0 aliphatic carbocycles. The zero-order valence-corrected chi connectivity index (χ0v) is 30.9. The van der Waals surface area contributed by atoms with Gasteiger partial charge in [0.2, 0.25) is 18.0 Å². The van der Waals surface area contributed by atoms with Crippen LogP contribution in [0.2, 0.25) is 0 Å². The van der Waals surface area contributed by atoms with Crippen molar-refractivity contribution in [2.24, 2.45) is 5.92 Å². The van der Waals surface area contributed by atoms with Gasteiger partial charge in [0, 0.05) is 17.4 Å². The Morgan fingerprint density at radius 3 is 2.36 bits per heavy atom. The van der Waals surface area contributed by atoms with Crippen molar-refractivity contribution in [3.63, 3.8) is 0 Å². The third-order valence-electron chi connectivity index (χ3n) is 8.95. The number of hydrogen-bond donors (Lipinski definition) is 6. The topological polar surface area (TPSA) is 236 Å². The summed E-state index contributed by atoms with van der Waals surface area (Å²) in [5.74, 6) is -6.47. The molecule has 19 heteroatoms. The lowest BCUT2D eigenvalue weighted by Gasteiger charge is -2.24. The average Bonchev–Trinajstić information content (AvgIpc) is 3.60. The van der Waals surface area contributed by atoms with Crippen molar-refractivity contribution in [3.8, 4) is 5.75 Å². The summed E-state index contributed by atoms with van der Waals surface area (Å²) in [6.45, 7) is 7.45. The van der Waals surface area contributed by atoms with Crippen molar-refractivity contribution in [1.29, 1.82) is 0 Å². The quantitative estimate of drug-likeness (QED) is 0.108. The molecular formula is C37H41F2N7O10. The molecular weight excluding hydrogens is 740 g/mol. The van der Waals surface area contributed by atoms with Gasteiger partial charge in [-0.3, -0.25) is 23.7 Å². The highest BCUT2D eigenvalue weighted by molar-refractivity contribution is 6.07. The highest BCUT2D eigenvalue weighted by Gasteiger charge is 2.59. The summed E-state index contributed by atoms with van der Waals surface area (Å²) >= 11 is 0. The molecule has 5 atom stereocenters. The van der Waals surface area contributed by atoms with Gasteiger partial charge in [-0.1, -0.05) is 37.2 Å². The van der Waals surface area contributed by atoms with Crippen LogP contribution < -0.4 is 31.7 Å². The maximum atomic E-state index is 14.5. The van der Waals surface area contributed by atoms with Crippen LogP contribution >= 0.6 is 0 Å². The summed E-state index contributed by atoms with van der Waals surface area (Å²) < 4.78 is 45.5. The Morgan fingerprint density at radius 2 is 1.71 bits per heavy atom. The molecule has 0 spiro atoms. The van der Waals surface area contributed by atoms with E-state index in [9.17, 15) is 43.0 Å². The normalized spacial score (nSPS) is 18.5. The third-order valence-corrected chi connectivity index (χ3v) is 8.95. The number of benzene rings is 2. The van der Waals surface area contributed by atoms with Crippen LogP contribution in [0.25, 0.3) is 0 Å². The number of aryl methyl sites for hydroxylation is 2. The van der Waals surface area contributed by atoms with Crippen molar-refractivity contribution >= 4 is 35.1 Å². The first-order valence-corrected chi connectivity index (χ1v) is 17.4. The van der Waals surface area contributed by atoms with Gasteiger partial charge < -0.3 is 45.5 Å². The second kappa shape index (κ2) is 17.2. The minimum Gasteiger partial charge on any atom is -0.488 e. The molecule has 5 rings (SSSR count). The number of alkyl halides is 2. The molecule has 6 N–H and O–H groups in total. The van der Waals surface area contributed by atoms with Crippen LogP contribution in [0.5, 0.6) is 5.75 Å². The largest absolute Gasteiger partial charge is 0.488 e. The van der Waals surface area contributed by atoms with Crippen molar-refractivity contribution in [2.75, 3.05) is 17.2 Å². The van der Waals surface area contributed by atoms with E-state index in [0.29, 0.717) is 21.8 Å². The van der Waals surface area contributed by atoms with Gasteiger partial charge in [-0.25, -0.2) is 4.79 Å². The van der Waals surface area contributed by atoms with Gasteiger partial charge in [0.25, 0.3) is 11.8 Å². The number of carbonyl (C=O) groups is 4. The number of ether oxygens (including phenoxy) is 2. The van der Waals surface area contributed by atoms with Gasteiger partial charge in [-0.2, -0.15) is 13.8 Å². The number of aliphatic hydroxyl groups excluding tert-OH is 2. The predicted octanol–water partition coefficient (Wildman–Crippen LogP) is 2.46. The van der Waals surface area contributed by atoms with Crippen molar-refractivity contribution in [1.82, 2.24) is 25.3 Å². The Hall–Kier alpha value is -6.05. The zero-order chi connectivity index (χ0) is 40.9. The molecule has 1 aliphatic rings. The first-order chi connectivity index (χ1) is 26.5. The molecule has 3 heterocycles. The number of anilines is 2. The number of nitrogens with one attached hydrogen (secondary N) is 4. The number of carbonyl (C=O) groups excluding carboxylic acids is 4. The minimum absolute atomic E-state index is 0.123. The van der Waals surface area contributed by atoms with E-state index < -0.39 is 78.3 Å². The predicted molar refractivity (Wildman–Crippen MR) is 194 cm³/mol. The standard InChI is InChI=1S/C37H41F2N7O10/c1-18(2)29(34(52)40-20(4)31(49)42-28-13-14-46(36(53)43-28)35-37(38,39)30(48)27(16-47)55-35)44-32(50)22-9-8-10-23(15-22)41-33(51)24-11-6-7-12-26(24)54-17-25-19(3)45-56-21(25)5/h6-15,18,20,27,29-30,35,47-48H,16-17H2,1-5H3,(H,40,52)(H,41,51)(H,44,50)(H,42,43,49,53)/t20-,27+,29-,30+,35+/m0/s1. The molecule has 4 amide bonds. The number of para-hydroxylation sites is 1. The summed E-state index contributed by atoms with van der Waals surface area (Å²) in [6.07, 6.45) is -5.38. The molecule has 0 bridgehead atoms. The number of nitrogens with zero attached hydrogens (tertiary/aromatic N) is 3. The Bertz CT molecular complexity index is 2140. The molecule has 298 valence electrons. The fourth-order valence-electron chi connectivity index (χ4n) is 5.72. The van der Waals surface area contributed by atoms with Crippen LogP contribution in [-0.2, 0) is 20.9 Å². The summed E-state index contributed by atoms with van der Waals surface area (Å²) in [5, 5.41) is 33.1. The van der Waals surface area contributed by atoms with Crippen molar-refractivity contribution in [3.05, 3.63) is 99.4 Å². The number of amides is 4. The number of halogens is 2. The summed E-state index contributed by atoms with van der Waals surface area (Å²) in [6, 6.07) is 11.4. The second-order valence-corrected chi connectivity index (χ2v) is 13.4. The van der Waals surface area contributed by atoms with Crippen molar-refractivity contribution in [2.45, 2.75) is 77.7 Å². The lowest BCUT2D eigenvalue weighted by atomic mass is 10.0. The molecule has 2 aromatic heterocycles. The van der Waals surface area contributed by atoms with E-state index >= 15 is 0 Å². The van der Waals surface area contributed by atoms with Gasteiger partial charge in [0.15, 0.2) is 6.10 Å². The van der Waals surface area contributed by atoms with E-state index in [1.54, 1.807) is 64.1 Å². The SMILES string of the molecule is Cc1noc(C)c1COc1ccccc1C(=O)Nc1cccc(C(=O)N[C@H](C(=O)N[C@@H](C)C(=O)Nc2ccn([C@@H]3O[C@H](CO)[C@@H](O)C3(F)F)c(=O)n2)C(C)C)c1. The molecule has 0 saturated carbocycles. The molecule has 4 aromatic rings. The molecule has 1 fully saturated rings. The Morgan fingerprint density at radius 1 is 0.982 bits per heavy atom. The van der Waals surface area contributed by atoms with E-state index in [-0.39, 0.29) is 29.2 Å². The Kier molecular flexibility index (Phi) is 12.6. The average molecular weight is 782 g/mol. The highest BCUT2D eigenvalue weighted by atomic mass is 19.3. The van der Waals surface area contributed by atoms with Crippen LogP contribution in [0.3, 0.4) is 0 Å². The molecule has 1 saturated heterocycles. The molecule has 17 nitrogen and oxygen atoms in total. The minimum atomic E-state index is -3.93. The summed E-state index contributed by atoms with van der Waals surface area (Å²) in [5.41, 5.74) is 0.839. The maximum absolute atomic E-state index is 14.5. The zero-order valence-electron chi connectivity index (χ0n) is 30.9. The van der Waals surface area contributed by atoms with Crippen LogP contribution in [0.15, 0.2) is 70.1 Å². The molecule has 0 unspecified atom stereocenters. The molecule has 1 aliphatic heterocycles. The smallest absolute Gasteiger partial charge is 0.351 e.